The van der Waals surface area contributed by atoms with Gasteiger partial charge < -0.3 is 9.84 Å². The smallest absolute Gasteiger partial charge is 0.419 e. The lowest BCUT2D eigenvalue weighted by atomic mass is 10.1. The highest BCUT2D eigenvalue weighted by Gasteiger charge is 2.27. The third-order valence-corrected chi connectivity index (χ3v) is 6.64. The largest absolute Gasteiger partial charge is 0.443 e. The van der Waals surface area contributed by atoms with Crippen molar-refractivity contribution >= 4 is 29.0 Å². The zero-order valence-corrected chi connectivity index (χ0v) is 21.6. The second-order valence-corrected chi connectivity index (χ2v) is 10.4. The van der Waals surface area contributed by atoms with Gasteiger partial charge in [-0.3, -0.25) is 19.5 Å². The first-order chi connectivity index (χ1) is 17.7. The Balaban J connectivity index is 1.49. The van der Waals surface area contributed by atoms with Crippen LogP contribution in [0.4, 0.5) is 4.79 Å². The summed E-state index contributed by atoms with van der Waals surface area (Å²) in [5.74, 6) is -0.569. The number of para-hydroxylation sites is 1. The number of hydrogen-bond acceptors (Lipinski definition) is 6. The van der Waals surface area contributed by atoms with E-state index in [1.54, 1.807) is 16.1 Å². The maximum atomic E-state index is 12.8. The normalized spacial score (nSPS) is 15.5. The number of carbonyl (C=O) groups excluding carboxylic acids is 2. The molecule has 0 aliphatic heterocycles. The molecular formula is C29H35N3O5. The van der Waals surface area contributed by atoms with Crippen molar-refractivity contribution in [1.82, 2.24) is 14.9 Å². The van der Waals surface area contributed by atoms with Gasteiger partial charge in [0, 0.05) is 36.8 Å². The molecule has 3 aromatic rings. The van der Waals surface area contributed by atoms with E-state index in [-0.39, 0.29) is 12.6 Å². The van der Waals surface area contributed by atoms with Gasteiger partial charge in [0.2, 0.25) is 0 Å². The van der Waals surface area contributed by atoms with E-state index in [2.05, 4.69) is 17.0 Å². The Morgan fingerprint density at radius 1 is 1.14 bits per heavy atom. The zero-order chi connectivity index (χ0) is 26.6. The molecule has 1 aliphatic carbocycles. The van der Waals surface area contributed by atoms with E-state index in [0.717, 1.165) is 47.8 Å². The van der Waals surface area contributed by atoms with Crippen LogP contribution < -0.4 is 5.48 Å². The maximum Gasteiger partial charge on any atom is 0.419 e. The molecule has 196 valence electrons. The van der Waals surface area contributed by atoms with Gasteiger partial charge in [-0.05, 0) is 74.4 Å². The van der Waals surface area contributed by atoms with Crippen LogP contribution >= 0.6 is 0 Å². The minimum absolute atomic E-state index is 0.0662. The summed E-state index contributed by atoms with van der Waals surface area (Å²) in [7, 11) is 0. The molecule has 1 heterocycles. The van der Waals surface area contributed by atoms with Crippen LogP contribution in [0.25, 0.3) is 17.0 Å². The Bertz CT molecular complexity index is 1300. The number of rotatable bonds is 8. The molecule has 1 atom stereocenters. The topological polar surface area (TPSA) is 104 Å². The monoisotopic (exact) mass is 505 g/mol. The molecule has 4 rings (SSSR count). The van der Waals surface area contributed by atoms with E-state index in [9.17, 15) is 14.7 Å². The third-order valence-electron chi connectivity index (χ3n) is 6.64. The molecule has 1 aromatic heterocycles. The fraction of sp³-hybridized carbons (Fsp3) is 0.379. The number of aliphatic hydroxyl groups excluding tert-OH is 1. The summed E-state index contributed by atoms with van der Waals surface area (Å²) < 4.78 is 7.20. The number of fused-ring (bicyclic) bond motifs is 2. The summed E-state index contributed by atoms with van der Waals surface area (Å²) in [6.07, 6.45) is 6.91. The van der Waals surface area contributed by atoms with Gasteiger partial charge in [0.1, 0.15) is 5.60 Å². The molecule has 1 aliphatic rings. The lowest BCUT2D eigenvalue weighted by molar-refractivity contribution is -0.124. The molecule has 0 saturated heterocycles. The zero-order valence-electron chi connectivity index (χ0n) is 21.6. The highest BCUT2D eigenvalue weighted by atomic mass is 16.6. The number of carbonyl (C=O) groups is 2. The number of hydroxylamine groups is 1. The number of nitrogens with zero attached hydrogens (tertiary/aromatic N) is 2. The average Bonchev–Trinajstić information content (AvgIpc) is 3.45. The molecule has 8 nitrogen and oxygen atoms in total. The molecule has 1 unspecified atom stereocenters. The third kappa shape index (κ3) is 6.46. The Hall–Kier alpha value is -3.46. The molecule has 0 fully saturated rings. The van der Waals surface area contributed by atoms with Crippen LogP contribution in [0.2, 0.25) is 0 Å². The predicted molar refractivity (Wildman–Crippen MR) is 143 cm³/mol. The predicted octanol–water partition coefficient (Wildman–Crippen LogP) is 3.95. The van der Waals surface area contributed by atoms with Crippen molar-refractivity contribution in [2.24, 2.45) is 0 Å². The number of nitrogens with one attached hydrogen (secondary N) is 1. The van der Waals surface area contributed by atoms with Gasteiger partial charge in [-0.1, -0.05) is 36.4 Å². The molecule has 0 bridgehead atoms. The summed E-state index contributed by atoms with van der Waals surface area (Å²) in [5.41, 5.74) is 6.28. The maximum absolute atomic E-state index is 12.8. The fourth-order valence-electron chi connectivity index (χ4n) is 4.97. The van der Waals surface area contributed by atoms with Gasteiger partial charge >= 0.3 is 6.09 Å². The molecule has 8 heteroatoms. The van der Waals surface area contributed by atoms with Crippen molar-refractivity contribution < 1.29 is 24.6 Å². The van der Waals surface area contributed by atoms with E-state index in [1.807, 2.05) is 57.3 Å². The highest BCUT2D eigenvalue weighted by molar-refractivity contribution is 5.92. The van der Waals surface area contributed by atoms with E-state index in [1.165, 1.54) is 17.2 Å². The Morgan fingerprint density at radius 3 is 2.62 bits per heavy atom. The van der Waals surface area contributed by atoms with Crippen molar-refractivity contribution in [3.05, 3.63) is 77.0 Å². The van der Waals surface area contributed by atoms with E-state index in [4.69, 9.17) is 9.94 Å². The van der Waals surface area contributed by atoms with Gasteiger partial charge in [0.15, 0.2) is 0 Å². The summed E-state index contributed by atoms with van der Waals surface area (Å²) in [5, 5.41) is 19.5. The summed E-state index contributed by atoms with van der Waals surface area (Å²) in [6.45, 7) is 6.94. The number of aliphatic hydroxyl groups is 1. The molecule has 1 amide bonds. The van der Waals surface area contributed by atoms with Gasteiger partial charge in [0.25, 0.3) is 5.91 Å². The quantitative estimate of drug-likeness (QED) is 0.243. The van der Waals surface area contributed by atoms with Crippen molar-refractivity contribution in [3.63, 3.8) is 0 Å². The van der Waals surface area contributed by atoms with Crippen molar-refractivity contribution in [1.29, 1.82) is 0 Å². The van der Waals surface area contributed by atoms with Crippen LogP contribution in [0.1, 0.15) is 43.0 Å². The standard InChI is InChI=1S/C29H35N3O5/c1-29(2,3)37-28(35)32-19-22(25-6-4-5-7-26(25)32)12-13-31(14-15-33)24-17-21-10-8-20(16-23(21)18-24)9-11-27(34)30-36/h4-11,16,19,24,33,36H,12-15,17-18H2,1-3H3,(H,30,34). The number of hydrogen-bond donors (Lipinski definition) is 3. The van der Waals surface area contributed by atoms with Crippen LogP contribution in [0, 0.1) is 0 Å². The Kier molecular flexibility index (Phi) is 8.12. The van der Waals surface area contributed by atoms with Gasteiger partial charge in [-0.2, -0.15) is 0 Å². The van der Waals surface area contributed by atoms with Crippen LogP contribution in [-0.4, -0.2) is 63.1 Å². The first kappa shape index (κ1) is 26.6. The molecule has 3 N–H and O–H groups in total. The molecule has 2 aromatic carbocycles. The summed E-state index contributed by atoms with van der Waals surface area (Å²) in [4.78, 5) is 26.5. The van der Waals surface area contributed by atoms with Crippen molar-refractivity contribution in [2.75, 3.05) is 19.7 Å². The van der Waals surface area contributed by atoms with E-state index >= 15 is 0 Å². The minimum atomic E-state index is -0.584. The second-order valence-electron chi connectivity index (χ2n) is 10.4. The molecule has 0 spiro atoms. The molecule has 0 saturated carbocycles. The number of aromatic nitrogens is 1. The van der Waals surface area contributed by atoms with Crippen molar-refractivity contribution in [2.45, 2.75) is 51.7 Å². The van der Waals surface area contributed by atoms with Crippen molar-refractivity contribution in [3.8, 4) is 0 Å². The first-order valence-electron chi connectivity index (χ1n) is 12.6. The minimum Gasteiger partial charge on any atom is -0.443 e. The van der Waals surface area contributed by atoms with Crippen LogP contribution in [-0.2, 0) is 28.8 Å². The molecular weight excluding hydrogens is 470 g/mol. The lowest BCUT2D eigenvalue weighted by Crippen LogP contribution is -2.39. The molecule has 37 heavy (non-hydrogen) atoms. The van der Waals surface area contributed by atoms with Crippen LogP contribution in [0.5, 0.6) is 0 Å². The second kappa shape index (κ2) is 11.3. The fourth-order valence-corrected chi connectivity index (χ4v) is 4.97. The molecule has 0 radical (unpaired) electrons. The van der Waals surface area contributed by atoms with Crippen LogP contribution in [0.3, 0.4) is 0 Å². The van der Waals surface area contributed by atoms with Gasteiger partial charge in [-0.15, -0.1) is 0 Å². The first-order valence-corrected chi connectivity index (χ1v) is 12.6. The van der Waals surface area contributed by atoms with E-state index in [0.29, 0.717) is 6.54 Å². The average molecular weight is 506 g/mol. The SMILES string of the molecule is CC(C)(C)OC(=O)n1cc(CCN(CCO)C2Cc3ccc(C=CC(=O)NO)cc3C2)c2ccccc21. The number of ether oxygens (including phenoxy) is 1. The Labute approximate surface area is 217 Å². The number of benzene rings is 2. The van der Waals surface area contributed by atoms with Gasteiger partial charge in [0.05, 0.1) is 12.1 Å². The van der Waals surface area contributed by atoms with Gasteiger partial charge in [-0.25, -0.2) is 10.3 Å². The Morgan fingerprint density at radius 2 is 1.89 bits per heavy atom. The van der Waals surface area contributed by atoms with E-state index < -0.39 is 17.6 Å². The summed E-state index contributed by atoms with van der Waals surface area (Å²) in [6, 6.07) is 14.2. The lowest BCUT2D eigenvalue weighted by Gasteiger charge is -2.28. The van der Waals surface area contributed by atoms with Crippen LogP contribution in [0.15, 0.2) is 54.7 Å². The number of amides is 1. The highest BCUT2D eigenvalue weighted by Crippen LogP contribution is 2.28. The summed E-state index contributed by atoms with van der Waals surface area (Å²) >= 11 is 0.